The lowest BCUT2D eigenvalue weighted by molar-refractivity contribution is 0.0378. The molecule has 0 aliphatic heterocycles. The highest BCUT2D eigenvalue weighted by atomic mass is 16.5. The molecule has 0 heterocycles. The van der Waals surface area contributed by atoms with Crippen molar-refractivity contribution in [3.05, 3.63) is 34.9 Å². The molecule has 6 nitrogen and oxygen atoms in total. The van der Waals surface area contributed by atoms with Gasteiger partial charge in [-0.1, -0.05) is 0 Å². The molecule has 1 amide bonds. The molecule has 0 bridgehead atoms. The number of carboxylic acids is 1. The van der Waals surface area contributed by atoms with E-state index in [1.165, 1.54) is 18.2 Å². The SMILES string of the molecule is CCN(CC)C(=O)c1cc(C(=O)O)cc(C(=O)OC(C)C)c1. The average molecular weight is 307 g/mol. The predicted octanol–water partition coefficient (Wildman–Crippen LogP) is 2.43. The van der Waals surface area contributed by atoms with Gasteiger partial charge < -0.3 is 14.7 Å². The summed E-state index contributed by atoms with van der Waals surface area (Å²) in [4.78, 5) is 37.1. The minimum atomic E-state index is -1.20. The first-order chi connectivity index (χ1) is 10.3. The van der Waals surface area contributed by atoms with E-state index in [1.54, 1.807) is 18.7 Å². The van der Waals surface area contributed by atoms with Gasteiger partial charge in [-0.15, -0.1) is 0 Å². The molecule has 0 saturated carbocycles. The van der Waals surface area contributed by atoms with Gasteiger partial charge in [0.1, 0.15) is 0 Å². The molecule has 1 aromatic carbocycles. The summed E-state index contributed by atoms with van der Waals surface area (Å²) in [5.74, 6) is -2.16. The molecule has 1 rings (SSSR count). The number of carbonyl (C=O) groups excluding carboxylic acids is 2. The van der Waals surface area contributed by atoms with Crippen molar-refractivity contribution in [2.75, 3.05) is 13.1 Å². The molecule has 1 aromatic rings. The van der Waals surface area contributed by atoms with Gasteiger partial charge in [-0.05, 0) is 45.9 Å². The lowest BCUT2D eigenvalue weighted by Gasteiger charge is -2.19. The van der Waals surface area contributed by atoms with Gasteiger partial charge in [0.2, 0.25) is 0 Å². The van der Waals surface area contributed by atoms with Crippen molar-refractivity contribution in [3.8, 4) is 0 Å². The zero-order chi connectivity index (χ0) is 16.9. The molecule has 0 aromatic heterocycles. The number of benzene rings is 1. The van der Waals surface area contributed by atoms with Crippen molar-refractivity contribution in [1.82, 2.24) is 4.90 Å². The largest absolute Gasteiger partial charge is 0.478 e. The van der Waals surface area contributed by atoms with Crippen molar-refractivity contribution in [2.24, 2.45) is 0 Å². The summed E-state index contributed by atoms with van der Waals surface area (Å²) >= 11 is 0. The van der Waals surface area contributed by atoms with Crippen LogP contribution in [-0.2, 0) is 4.74 Å². The minimum absolute atomic E-state index is 0.0594. The number of ether oxygens (including phenoxy) is 1. The second-order valence-electron chi connectivity index (χ2n) is 5.04. The van der Waals surface area contributed by atoms with Crippen LogP contribution in [0.25, 0.3) is 0 Å². The van der Waals surface area contributed by atoms with Gasteiger partial charge in [0.15, 0.2) is 0 Å². The summed E-state index contributed by atoms with van der Waals surface area (Å²) in [6, 6.07) is 3.86. The van der Waals surface area contributed by atoms with Crippen LogP contribution in [0.5, 0.6) is 0 Å². The van der Waals surface area contributed by atoms with Gasteiger partial charge in [-0.3, -0.25) is 4.79 Å². The maximum atomic E-state index is 12.4. The Labute approximate surface area is 129 Å². The molecule has 0 radical (unpaired) electrons. The standard InChI is InChI=1S/C16H21NO5/c1-5-17(6-2)14(18)11-7-12(15(19)20)9-13(8-11)16(21)22-10(3)4/h7-10H,5-6H2,1-4H3,(H,19,20). The van der Waals surface area contributed by atoms with E-state index in [0.717, 1.165) is 0 Å². The number of hydrogen-bond acceptors (Lipinski definition) is 4. The van der Waals surface area contributed by atoms with Crippen molar-refractivity contribution < 1.29 is 24.2 Å². The topological polar surface area (TPSA) is 83.9 Å². The molecule has 1 N–H and O–H groups in total. The molecule has 0 fully saturated rings. The fourth-order valence-electron chi connectivity index (χ4n) is 1.97. The Hall–Kier alpha value is -2.37. The fraction of sp³-hybridized carbons (Fsp3) is 0.438. The van der Waals surface area contributed by atoms with E-state index in [1.807, 2.05) is 13.8 Å². The van der Waals surface area contributed by atoms with Crippen LogP contribution in [0, 0.1) is 0 Å². The third-order valence-electron chi connectivity index (χ3n) is 3.06. The Morgan fingerprint density at radius 2 is 1.55 bits per heavy atom. The Morgan fingerprint density at radius 3 is 2.00 bits per heavy atom. The monoisotopic (exact) mass is 307 g/mol. The van der Waals surface area contributed by atoms with Crippen LogP contribution in [-0.4, -0.2) is 47.0 Å². The van der Waals surface area contributed by atoms with Crippen LogP contribution in [0.1, 0.15) is 58.8 Å². The van der Waals surface area contributed by atoms with Gasteiger partial charge >= 0.3 is 11.9 Å². The number of rotatable bonds is 6. The molecular formula is C16H21NO5. The molecule has 0 saturated heterocycles. The number of esters is 1. The molecule has 0 unspecified atom stereocenters. The second-order valence-corrected chi connectivity index (χ2v) is 5.04. The fourth-order valence-corrected chi connectivity index (χ4v) is 1.97. The molecular weight excluding hydrogens is 286 g/mol. The van der Waals surface area contributed by atoms with E-state index in [-0.39, 0.29) is 28.7 Å². The van der Waals surface area contributed by atoms with Crippen molar-refractivity contribution >= 4 is 17.8 Å². The Bertz CT molecular complexity index is 576. The summed E-state index contributed by atoms with van der Waals surface area (Å²) in [5, 5.41) is 9.16. The van der Waals surface area contributed by atoms with E-state index in [9.17, 15) is 14.4 Å². The van der Waals surface area contributed by atoms with Crippen LogP contribution >= 0.6 is 0 Å². The highest BCUT2D eigenvalue weighted by Crippen LogP contribution is 2.15. The second kappa shape index (κ2) is 7.59. The summed E-state index contributed by atoms with van der Waals surface area (Å²) in [7, 11) is 0. The maximum absolute atomic E-state index is 12.4. The van der Waals surface area contributed by atoms with Crippen molar-refractivity contribution in [3.63, 3.8) is 0 Å². The van der Waals surface area contributed by atoms with E-state index in [0.29, 0.717) is 13.1 Å². The molecule has 6 heteroatoms. The molecule has 22 heavy (non-hydrogen) atoms. The van der Waals surface area contributed by atoms with Crippen molar-refractivity contribution in [2.45, 2.75) is 33.8 Å². The van der Waals surface area contributed by atoms with Crippen molar-refractivity contribution in [1.29, 1.82) is 0 Å². The van der Waals surface area contributed by atoms with Crippen LogP contribution in [0.3, 0.4) is 0 Å². The highest BCUT2D eigenvalue weighted by Gasteiger charge is 2.19. The lowest BCUT2D eigenvalue weighted by atomic mass is 10.0. The third kappa shape index (κ3) is 4.31. The Kier molecular flexibility index (Phi) is 6.10. The molecule has 120 valence electrons. The third-order valence-corrected chi connectivity index (χ3v) is 3.06. The summed E-state index contributed by atoms with van der Waals surface area (Å²) in [6.07, 6.45) is -0.331. The Balaban J connectivity index is 3.28. The number of carboxylic acid groups (broad SMARTS) is 1. The molecule has 0 aliphatic rings. The van der Waals surface area contributed by atoms with Crippen LogP contribution in [0.15, 0.2) is 18.2 Å². The first-order valence-corrected chi connectivity index (χ1v) is 7.18. The van der Waals surface area contributed by atoms with Gasteiger partial charge in [0.25, 0.3) is 5.91 Å². The van der Waals surface area contributed by atoms with Crippen LogP contribution in [0.4, 0.5) is 0 Å². The van der Waals surface area contributed by atoms with Gasteiger partial charge in [-0.2, -0.15) is 0 Å². The molecule has 0 aliphatic carbocycles. The molecule has 0 spiro atoms. The first-order valence-electron chi connectivity index (χ1n) is 7.18. The van der Waals surface area contributed by atoms with E-state index in [2.05, 4.69) is 0 Å². The summed E-state index contributed by atoms with van der Waals surface area (Å²) in [6.45, 7) is 8.05. The van der Waals surface area contributed by atoms with Gasteiger partial charge in [-0.25, -0.2) is 9.59 Å². The smallest absolute Gasteiger partial charge is 0.338 e. The lowest BCUT2D eigenvalue weighted by Crippen LogP contribution is -2.30. The average Bonchev–Trinajstić information content (AvgIpc) is 2.47. The first kappa shape index (κ1) is 17.7. The Morgan fingerprint density at radius 1 is 1.05 bits per heavy atom. The number of hydrogen-bond donors (Lipinski definition) is 1. The number of carbonyl (C=O) groups is 3. The minimum Gasteiger partial charge on any atom is -0.478 e. The number of amides is 1. The molecule has 0 atom stereocenters. The maximum Gasteiger partial charge on any atom is 0.338 e. The van der Waals surface area contributed by atoms with Gasteiger partial charge in [0.05, 0.1) is 17.2 Å². The van der Waals surface area contributed by atoms with Gasteiger partial charge in [0, 0.05) is 18.7 Å². The van der Waals surface area contributed by atoms with Crippen LogP contribution < -0.4 is 0 Å². The highest BCUT2D eigenvalue weighted by molar-refractivity contribution is 6.01. The van der Waals surface area contributed by atoms with E-state index < -0.39 is 11.9 Å². The summed E-state index contributed by atoms with van der Waals surface area (Å²) in [5.41, 5.74) is 0.108. The predicted molar refractivity (Wildman–Crippen MR) is 81.2 cm³/mol. The number of nitrogens with zero attached hydrogens (tertiary/aromatic N) is 1. The number of aromatic carboxylic acids is 1. The zero-order valence-electron chi connectivity index (χ0n) is 13.3. The van der Waals surface area contributed by atoms with E-state index >= 15 is 0 Å². The quantitative estimate of drug-likeness (QED) is 0.816. The normalized spacial score (nSPS) is 10.4. The van der Waals surface area contributed by atoms with E-state index in [4.69, 9.17) is 9.84 Å². The summed E-state index contributed by atoms with van der Waals surface area (Å²) < 4.78 is 5.06. The zero-order valence-corrected chi connectivity index (χ0v) is 13.3. The van der Waals surface area contributed by atoms with Crippen LogP contribution in [0.2, 0.25) is 0 Å².